The summed E-state index contributed by atoms with van der Waals surface area (Å²) in [5.74, 6) is 0.128. The van der Waals surface area contributed by atoms with Gasteiger partial charge in [0.1, 0.15) is 5.69 Å². The maximum atomic E-state index is 13.2. The fourth-order valence-corrected chi connectivity index (χ4v) is 5.07. The van der Waals surface area contributed by atoms with Gasteiger partial charge in [-0.05, 0) is 61.1 Å². The monoisotopic (exact) mass is 602 g/mol. The van der Waals surface area contributed by atoms with Crippen LogP contribution >= 0.6 is 15.9 Å². The quantitative estimate of drug-likeness (QED) is 0.253. The molecule has 40 heavy (non-hydrogen) atoms. The van der Waals surface area contributed by atoms with Gasteiger partial charge in [-0.2, -0.15) is 0 Å². The molecule has 5 rings (SSSR count). The summed E-state index contributed by atoms with van der Waals surface area (Å²) in [4.78, 5) is 45.9. The summed E-state index contributed by atoms with van der Waals surface area (Å²) in [5, 5.41) is 7.27. The van der Waals surface area contributed by atoms with Crippen molar-refractivity contribution in [3.05, 3.63) is 77.3 Å². The molecule has 3 N–H and O–H groups in total. The predicted molar refractivity (Wildman–Crippen MR) is 160 cm³/mol. The second kappa shape index (κ2) is 12.4. The first-order valence-corrected chi connectivity index (χ1v) is 13.9. The van der Waals surface area contributed by atoms with Gasteiger partial charge in [0.2, 0.25) is 11.9 Å². The molecule has 0 bridgehead atoms. The lowest BCUT2D eigenvalue weighted by Gasteiger charge is -2.33. The largest absolute Gasteiger partial charge is 0.360 e. The Hall–Kier alpha value is -4.09. The van der Waals surface area contributed by atoms with Crippen LogP contribution in [0.25, 0.3) is 22.2 Å². The summed E-state index contributed by atoms with van der Waals surface area (Å²) in [6, 6.07) is 11.4. The molecule has 2 amide bonds. The minimum Gasteiger partial charge on any atom is -0.360 e. The number of rotatable bonds is 8. The van der Waals surface area contributed by atoms with Crippen molar-refractivity contribution < 1.29 is 9.59 Å². The summed E-state index contributed by atoms with van der Waals surface area (Å²) >= 11 is 3.60. The van der Waals surface area contributed by atoms with Gasteiger partial charge in [0.15, 0.2) is 0 Å². The third kappa shape index (κ3) is 6.54. The van der Waals surface area contributed by atoms with E-state index in [0.717, 1.165) is 39.5 Å². The summed E-state index contributed by atoms with van der Waals surface area (Å²) in [7, 11) is 3.86. The molecule has 1 aliphatic heterocycles. The fraction of sp³-hybridized carbons (Fsp3) is 0.276. The Morgan fingerprint density at radius 3 is 2.83 bits per heavy atom. The lowest BCUT2D eigenvalue weighted by Crippen LogP contribution is -2.45. The number of hydrogen-bond donors (Lipinski definition) is 3. The smallest absolute Gasteiger partial charge is 0.272 e. The lowest BCUT2D eigenvalue weighted by atomic mass is 10.1. The summed E-state index contributed by atoms with van der Waals surface area (Å²) in [6.45, 7) is 1.83. The summed E-state index contributed by atoms with van der Waals surface area (Å²) in [6.07, 6.45) is 10.2. The molecule has 1 aliphatic rings. The first kappa shape index (κ1) is 27.5. The van der Waals surface area contributed by atoms with Gasteiger partial charge >= 0.3 is 0 Å². The van der Waals surface area contributed by atoms with E-state index in [1.165, 1.54) is 12.3 Å². The first-order valence-electron chi connectivity index (χ1n) is 13.1. The number of likely N-dealkylation sites (tertiary alicyclic amines) is 1. The Kier molecular flexibility index (Phi) is 8.51. The summed E-state index contributed by atoms with van der Waals surface area (Å²) < 4.78 is 0.804. The molecule has 1 fully saturated rings. The zero-order valence-corrected chi connectivity index (χ0v) is 24.0. The molecule has 0 spiro atoms. The fourth-order valence-electron chi connectivity index (χ4n) is 4.67. The van der Waals surface area contributed by atoms with E-state index in [1.54, 1.807) is 29.3 Å². The van der Waals surface area contributed by atoms with E-state index in [2.05, 4.69) is 47.6 Å². The number of fused-ring (bicyclic) bond motifs is 1. The van der Waals surface area contributed by atoms with Gasteiger partial charge in [-0.25, -0.2) is 15.0 Å². The second-order valence-corrected chi connectivity index (χ2v) is 10.8. The van der Waals surface area contributed by atoms with Crippen molar-refractivity contribution in [2.45, 2.75) is 18.9 Å². The molecule has 4 heterocycles. The topological polar surface area (TPSA) is 119 Å². The third-order valence-corrected chi connectivity index (χ3v) is 7.20. The number of pyridine rings is 1. The van der Waals surface area contributed by atoms with Crippen molar-refractivity contribution in [2.24, 2.45) is 0 Å². The number of aromatic amines is 1. The number of nitrogens with one attached hydrogen (secondary N) is 3. The maximum Gasteiger partial charge on any atom is 0.272 e. The molecule has 10 nitrogen and oxygen atoms in total. The number of H-pyrrole nitrogens is 1. The molecule has 1 aromatic carbocycles. The molecule has 3 aromatic heterocycles. The van der Waals surface area contributed by atoms with Crippen molar-refractivity contribution in [3.63, 3.8) is 0 Å². The normalized spacial score (nSPS) is 15.6. The highest BCUT2D eigenvalue weighted by atomic mass is 79.9. The number of halogens is 1. The summed E-state index contributed by atoms with van der Waals surface area (Å²) in [5.41, 5.74) is 3.70. The molecular formula is C29H31BrN8O2. The van der Waals surface area contributed by atoms with Gasteiger partial charge in [-0.15, -0.1) is 0 Å². The molecule has 206 valence electrons. The van der Waals surface area contributed by atoms with Crippen molar-refractivity contribution in [1.29, 1.82) is 0 Å². The van der Waals surface area contributed by atoms with Crippen LogP contribution in [-0.2, 0) is 4.79 Å². The van der Waals surface area contributed by atoms with Gasteiger partial charge in [-0.3, -0.25) is 9.59 Å². The Morgan fingerprint density at radius 2 is 2.02 bits per heavy atom. The molecule has 0 radical (unpaired) electrons. The molecule has 4 aromatic rings. The van der Waals surface area contributed by atoms with Crippen LogP contribution in [0, 0.1) is 0 Å². The highest BCUT2D eigenvalue weighted by Crippen LogP contribution is 2.32. The number of aromatic nitrogens is 4. The minimum atomic E-state index is -0.240. The van der Waals surface area contributed by atoms with Crippen LogP contribution in [-0.4, -0.2) is 81.3 Å². The minimum absolute atomic E-state index is 0.00205. The molecule has 1 saturated heterocycles. The number of likely N-dealkylation sites (N-methyl/N-ethyl adjacent to an activating group) is 1. The zero-order valence-electron chi connectivity index (χ0n) is 22.4. The third-order valence-electron chi connectivity index (χ3n) is 6.62. The van der Waals surface area contributed by atoms with Gasteiger partial charge < -0.3 is 25.4 Å². The van der Waals surface area contributed by atoms with Gasteiger partial charge in [0, 0.05) is 60.6 Å². The average molecular weight is 604 g/mol. The molecule has 0 unspecified atom stereocenters. The second-order valence-electron chi connectivity index (χ2n) is 9.96. The average Bonchev–Trinajstić information content (AvgIpc) is 3.38. The van der Waals surface area contributed by atoms with Crippen LogP contribution < -0.4 is 10.6 Å². The van der Waals surface area contributed by atoms with Crippen LogP contribution in [0.4, 0.5) is 11.6 Å². The van der Waals surface area contributed by atoms with E-state index < -0.39 is 0 Å². The SMILES string of the molecule is CN(C)C/C=C/C(=O)Nc1ccc(C(=O)N2CCC[C@@H](Nc3ncc(Br)c(-c4c[nH]c5ccccc45)n3)C2)nc1. The Morgan fingerprint density at radius 1 is 1.18 bits per heavy atom. The number of carbonyl (C=O) groups excluding carboxylic acids is 2. The highest BCUT2D eigenvalue weighted by Gasteiger charge is 2.26. The van der Waals surface area contributed by atoms with Crippen LogP contribution in [0.2, 0.25) is 0 Å². The van der Waals surface area contributed by atoms with E-state index in [-0.39, 0.29) is 17.9 Å². The predicted octanol–water partition coefficient (Wildman–Crippen LogP) is 4.56. The van der Waals surface area contributed by atoms with E-state index in [9.17, 15) is 9.59 Å². The molecule has 0 saturated carbocycles. The van der Waals surface area contributed by atoms with Crippen LogP contribution in [0.1, 0.15) is 23.3 Å². The standard InChI is InChI=1S/C29H31BrN8O2/c1-37(2)13-6-10-26(39)34-19-11-12-25(31-15-19)28(40)38-14-5-7-20(18-38)35-29-33-17-23(30)27(36-29)22-16-32-24-9-4-3-8-21(22)24/h3-4,6,8-12,15-17,20,32H,5,7,13-14,18H2,1-2H3,(H,34,39)(H,33,35,36)/b10-6+/t20-/m1/s1. The van der Waals surface area contributed by atoms with E-state index in [1.807, 2.05) is 43.4 Å². The number of hydrogen-bond acceptors (Lipinski definition) is 7. The van der Waals surface area contributed by atoms with Gasteiger partial charge in [-0.1, -0.05) is 24.3 Å². The molecule has 11 heteroatoms. The van der Waals surface area contributed by atoms with Crippen LogP contribution in [0.3, 0.4) is 0 Å². The lowest BCUT2D eigenvalue weighted by molar-refractivity contribution is -0.111. The zero-order chi connectivity index (χ0) is 28.1. The van der Waals surface area contributed by atoms with Crippen LogP contribution in [0.5, 0.6) is 0 Å². The number of benzene rings is 1. The van der Waals surface area contributed by atoms with Gasteiger partial charge in [0.05, 0.1) is 22.1 Å². The van der Waals surface area contributed by atoms with Crippen molar-refractivity contribution >= 4 is 50.3 Å². The van der Waals surface area contributed by atoms with Gasteiger partial charge in [0.25, 0.3) is 5.91 Å². The van der Waals surface area contributed by atoms with Crippen molar-refractivity contribution in [1.82, 2.24) is 29.7 Å². The molecular weight excluding hydrogens is 572 g/mol. The van der Waals surface area contributed by atoms with Crippen LogP contribution in [0.15, 0.2) is 71.6 Å². The number of amides is 2. The number of carbonyl (C=O) groups is 2. The first-order chi connectivity index (χ1) is 19.4. The Balaban J connectivity index is 1.22. The van der Waals surface area contributed by atoms with E-state index in [4.69, 9.17) is 4.98 Å². The Bertz CT molecular complexity index is 1530. The van der Waals surface area contributed by atoms with E-state index in [0.29, 0.717) is 37.0 Å². The van der Waals surface area contributed by atoms with Crippen molar-refractivity contribution in [2.75, 3.05) is 44.4 Å². The van der Waals surface area contributed by atoms with E-state index >= 15 is 0 Å². The number of anilines is 2. The number of para-hydroxylation sites is 1. The highest BCUT2D eigenvalue weighted by molar-refractivity contribution is 9.10. The number of nitrogens with zero attached hydrogens (tertiary/aromatic N) is 5. The number of piperidine rings is 1. The molecule has 0 aliphatic carbocycles. The van der Waals surface area contributed by atoms with Crippen molar-refractivity contribution in [3.8, 4) is 11.3 Å². The Labute approximate surface area is 241 Å². The maximum absolute atomic E-state index is 13.2. The molecule has 1 atom stereocenters.